The van der Waals surface area contributed by atoms with Crippen molar-refractivity contribution in [3.8, 4) is 18.4 Å². The van der Waals surface area contributed by atoms with Crippen molar-refractivity contribution in [2.24, 2.45) is 0 Å². The molecule has 1 rings (SSSR count). The van der Waals surface area contributed by atoms with Crippen LogP contribution in [0.15, 0.2) is 18.2 Å². The summed E-state index contributed by atoms with van der Waals surface area (Å²) in [6.07, 6.45) is 5.41. The fraction of sp³-hybridized carbons (Fsp3) is 0.308. The van der Waals surface area contributed by atoms with Gasteiger partial charge in [-0.1, -0.05) is 32.8 Å². The highest BCUT2D eigenvalue weighted by molar-refractivity contribution is 5.52. The monoisotopic (exact) mass is 183 g/mol. The van der Waals surface area contributed by atoms with Gasteiger partial charge in [-0.3, -0.25) is 0 Å². The van der Waals surface area contributed by atoms with Gasteiger partial charge in [-0.25, -0.2) is 0 Å². The molecular formula is C13H13N. The molecule has 0 bridgehead atoms. The maximum atomic E-state index is 8.98. The average molecular weight is 183 g/mol. The maximum absolute atomic E-state index is 8.98. The third-order valence-corrected chi connectivity index (χ3v) is 2.09. The van der Waals surface area contributed by atoms with E-state index in [1.807, 2.05) is 12.1 Å². The van der Waals surface area contributed by atoms with Crippen LogP contribution < -0.4 is 0 Å². The second-order valence-corrected chi connectivity index (χ2v) is 4.23. The van der Waals surface area contributed by atoms with Gasteiger partial charge in [0.05, 0.1) is 11.6 Å². The van der Waals surface area contributed by atoms with Crippen molar-refractivity contribution < 1.29 is 0 Å². The van der Waals surface area contributed by atoms with Crippen molar-refractivity contribution >= 4 is 0 Å². The molecule has 70 valence electrons. The topological polar surface area (TPSA) is 23.8 Å². The molecule has 0 amide bonds. The van der Waals surface area contributed by atoms with Crippen molar-refractivity contribution in [3.63, 3.8) is 0 Å². The summed E-state index contributed by atoms with van der Waals surface area (Å²) in [6, 6.07) is 7.69. The van der Waals surface area contributed by atoms with E-state index in [1.54, 1.807) is 6.07 Å². The third kappa shape index (κ3) is 1.78. The van der Waals surface area contributed by atoms with E-state index in [-0.39, 0.29) is 5.41 Å². The molecule has 0 atom stereocenters. The molecule has 0 saturated carbocycles. The fourth-order valence-corrected chi connectivity index (χ4v) is 1.57. The Balaban J connectivity index is 3.54. The molecule has 0 saturated heterocycles. The predicted octanol–water partition coefficient (Wildman–Crippen LogP) is 2.84. The van der Waals surface area contributed by atoms with Gasteiger partial charge in [-0.05, 0) is 23.1 Å². The summed E-state index contributed by atoms with van der Waals surface area (Å²) in [5.74, 6) is 2.63. The first-order chi connectivity index (χ1) is 6.50. The molecule has 0 aliphatic carbocycles. The molecule has 0 aliphatic rings. The van der Waals surface area contributed by atoms with E-state index in [1.165, 1.54) is 0 Å². The Bertz CT molecular complexity index is 390. The van der Waals surface area contributed by atoms with E-state index >= 15 is 0 Å². The Morgan fingerprint density at radius 1 is 1.21 bits per heavy atom. The van der Waals surface area contributed by atoms with Crippen LogP contribution in [0.5, 0.6) is 0 Å². The Morgan fingerprint density at radius 2 is 1.79 bits per heavy atom. The number of nitrogens with zero attached hydrogens (tertiary/aromatic N) is 1. The van der Waals surface area contributed by atoms with Crippen molar-refractivity contribution in [2.75, 3.05) is 0 Å². The highest BCUT2D eigenvalue weighted by Crippen LogP contribution is 2.28. The molecule has 1 nitrogen and oxygen atoms in total. The van der Waals surface area contributed by atoms with Crippen molar-refractivity contribution in [3.05, 3.63) is 34.9 Å². The van der Waals surface area contributed by atoms with Crippen LogP contribution in [-0.4, -0.2) is 0 Å². The minimum Gasteiger partial charge on any atom is -0.192 e. The third-order valence-electron chi connectivity index (χ3n) is 2.09. The molecule has 0 N–H and O–H groups in total. The van der Waals surface area contributed by atoms with Gasteiger partial charge in [0.25, 0.3) is 0 Å². The zero-order chi connectivity index (χ0) is 10.8. The molecule has 0 spiro atoms. The lowest BCUT2D eigenvalue weighted by Crippen LogP contribution is -2.15. The van der Waals surface area contributed by atoms with E-state index < -0.39 is 0 Å². The predicted molar refractivity (Wildman–Crippen MR) is 57.8 cm³/mol. The molecule has 0 aromatic heterocycles. The summed E-state index contributed by atoms with van der Waals surface area (Å²) in [5, 5.41) is 8.98. The molecule has 0 heterocycles. The molecule has 0 fully saturated rings. The standard InChI is InChI=1S/C13H13N/c1-5-10-7-6-8-11(9-14)12(10)13(2,3)4/h1,6-8H,2-4H3. The van der Waals surface area contributed by atoms with Crippen LogP contribution in [0.2, 0.25) is 0 Å². The highest BCUT2D eigenvalue weighted by atomic mass is 14.3. The number of rotatable bonds is 0. The van der Waals surface area contributed by atoms with Crippen LogP contribution in [0.4, 0.5) is 0 Å². The Morgan fingerprint density at radius 3 is 2.21 bits per heavy atom. The average Bonchev–Trinajstić information content (AvgIpc) is 2.15. The van der Waals surface area contributed by atoms with Crippen molar-refractivity contribution in [1.29, 1.82) is 5.26 Å². The largest absolute Gasteiger partial charge is 0.192 e. The molecular weight excluding hydrogens is 170 g/mol. The number of benzene rings is 1. The number of nitriles is 1. The van der Waals surface area contributed by atoms with E-state index in [0.29, 0.717) is 5.56 Å². The quantitative estimate of drug-likeness (QED) is 0.567. The minimum absolute atomic E-state index is 0.0893. The van der Waals surface area contributed by atoms with Crippen LogP contribution in [0.1, 0.15) is 37.5 Å². The fourth-order valence-electron chi connectivity index (χ4n) is 1.57. The molecule has 1 aromatic rings. The summed E-state index contributed by atoms with van der Waals surface area (Å²) >= 11 is 0. The van der Waals surface area contributed by atoms with Gasteiger partial charge < -0.3 is 0 Å². The van der Waals surface area contributed by atoms with Crippen molar-refractivity contribution in [1.82, 2.24) is 0 Å². The van der Waals surface area contributed by atoms with E-state index in [4.69, 9.17) is 11.7 Å². The molecule has 0 aliphatic heterocycles. The first-order valence-corrected chi connectivity index (χ1v) is 4.51. The van der Waals surface area contributed by atoms with Gasteiger partial charge in [0.15, 0.2) is 0 Å². The smallest absolute Gasteiger partial charge is 0.0995 e. The van der Waals surface area contributed by atoms with Crippen LogP contribution in [-0.2, 0) is 5.41 Å². The van der Waals surface area contributed by atoms with Crippen LogP contribution in [0, 0.1) is 23.7 Å². The van der Waals surface area contributed by atoms with Gasteiger partial charge in [0.2, 0.25) is 0 Å². The second-order valence-electron chi connectivity index (χ2n) is 4.23. The molecule has 14 heavy (non-hydrogen) atoms. The van der Waals surface area contributed by atoms with Gasteiger partial charge in [-0.2, -0.15) is 5.26 Å². The molecule has 1 aromatic carbocycles. The first kappa shape index (κ1) is 10.4. The summed E-state index contributed by atoms with van der Waals surface area (Å²) in [5.41, 5.74) is 2.36. The zero-order valence-corrected chi connectivity index (χ0v) is 8.76. The second kappa shape index (κ2) is 3.56. The van der Waals surface area contributed by atoms with Crippen molar-refractivity contribution in [2.45, 2.75) is 26.2 Å². The van der Waals surface area contributed by atoms with Crippen LogP contribution in [0.25, 0.3) is 0 Å². The molecule has 0 unspecified atom stereocenters. The lowest BCUT2D eigenvalue weighted by atomic mass is 9.81. The lowest BCUT2D eigenvalue weighted by Gasteiger charge is -2.22. The number of terminal acetylenes is 1. The van der Waals surface area contributed by atoms with Gasteiger partial charge in [0.1, 0.15) is 0 Å². The Kier molecular flexibility index (Phi) is 2.63. The van der Waals surface area contributed by atoms with E-state index in [0.717, 1.165) is 11.1 Å². The van der Waals surface area contributed by atoms with Crippen LogP contribution >= 0.6 is 0 Å². The minimum atomic E-state index is -0.0893. The summed E-state index contributed by atoms with van der Waals surface area (Å²) in [6.45, 7) is 6.18. The highest BCUT2D eigenvalue weighted by Gasteiger charge is 2.20. The van der Waals surface area contributed by atoms with Gasteiger partial charge >= 0.3 is 0 Å². The summed E-state index contributed by atoms with van der Waals surface area (Å²) < 4.78 is 0. The maximum Gasteiger partial charge on any atom is 0.0995 e. The van der Waals surface area contributed by atoms with Gasteiger partial charge in [-0.15, -0.1) is 6.42 Å². The normalized spacial score (nSPS) is 10.4. The number of hydrogen-bond acceptors (Lipinski definition) is 1. The first-order valence-electron chi connectivity index (χ1n) is 4.51. The summed E-state index contributed by atoms with van der Waals surface area (Å²) in [4.78, 5) is 0. The summed E-state index contributed by atoms with van der Waals surface area (Å²) in [7, 11) is 0. The van der Waals surface area contributed by atoms with Gasteiger partial charge in [0, 0.05) is 5.56 Å². The zero-order valence-electron chi connectivity index (χ0n) is 8.76. The number of hydrogen-bond donors (Lipinski definition) is 0. The SMILES string of the molecule is C#Cc1cccc(C#N)c1C(C)(C)C. The Labute approximate surface area is 85.4 Å². The molecule has 0 radical (unpaired) electrons. The van der Waals surface area contributed by atoms with E-state index in [2.05, 4.69) is 32.8 Å². The van der Waals surface area contributed by atoms with Crippen LogP contribution in [0.3, 0.4) is 0 Å². The lowest BCUT2D eigenvalue weighted by molar-refractivity contribution is 0.587. The Hall–Kier alpha value is -1.73. The molecule has 1 heteroatoms. The van der Waals surface area contributed by atoms with E-state index in [9.17, 15) is 0 Å².